The molecular formula is C29H34FN7O. The summed E-state index contributed by atoms with van der Waals surface area (Å²) in [6, 6.07) is 18.0. The SMILES string of the molecule is Cc1ccc(NC(=O)Nc2cc(-c3ccccc3-c3nnn[nH]3)ccc2N(CC(C)C)CC(C)C)cc1F. The number of aromatic amines is 1. The van der Waals surface area contributed by atoms with Crippen molar-refractivity contribution >= 4 is 23.1 Å². The van der Waals surface area contributed by atoms with Gasteiger partial charge in [0.25, 0.3) is 0 Å². The zero-order valence-electron chi connectivity index (χ0n) is 22.4. The van der Waals surface area contributed by atoms with Crippen molar-refractivity contribution < 1.29 is 9.18 Å². The first-order valence-corrected chi connectivity index (χ1v) is 12.8. The quantitative estimate of drug-likeness (QED) is 0.229. The van der Waals surface area contributed by atoms with Gasteiger partial charge in [-0.3, -0.25) is 0 Å². The standard InChI is InChI=1S/C29H34FN7O/c1-18(2)16-37(17-19(3)4)27-13-11-21(23-8-6-7-9-24(23)28-33-35-36-34-28)14-26(27)32-29(38)31-22-12-10-20(5)25(30)15-22/h6-15,18-19H,16-17H2,1-5H3,(H2,31,32,38)(H,33,34,35,36). The molecular weight excluding hydrogens is 481 g/mol. The monoisotopic (exact) mass is 515 g/mol. The van der Waals surface area contributed by atoms with E-state index in [9.17, 15) is 9.18 Å². The molecule has 0 saturated carbocycles. The fourth-order valence-corrected chi connectivity index (χ4v) is 4.40. The van der Waals surface area contributed by atoms with Crippen LogP contribution < -0.4 is 15.5 Å². The number of H-pyrrole nitrogens is 1. The van der Waals surface area contributed by atoms with Gasteiger partial charge in [-0.25, -0.2) is 14.3 Å². The predicted octanol–water partition coefficient (Wildman–Crippen LogP) is 6.74. The Morgan fingerprint density at radius 2 is 1.66 bits per heavy atom. The van der Waals surface area contributed by atoms with Crippen LogP contribution in [0, 0.1) is 24.6 Å². The van der Waals surface area contributed by atoms with E-state index < -0.39 is 6.03 Å². The van der Waals surface area contributed by atoms with E-state index >= 15 is 0 Å². The molecule has 0 spiro atoms. The van der Waals surface area contributed by atoms with Crippen molar-refractivity contribution in [2.24, 2.45) is 11.8 Å². The Labute approximate surface area is 222 Å². The number of aryl methyl sites for hydroxylation is 1. The van der Waals surface area contributed by atoms with E-state index in [1.807, 2.05) is 42.5 Å². The second kappa shape index (κ2) is 11.9. The van der Waals surface area contributed by atoms with Gasteiger partial charge in [-0.05, 0) is 70.1 Å². The topological polar surface area (TPSA) is 98.8 Å². The molecule has 0 aliphatic rings. The predicted molar refractivity (Wildman–Crippen MR) is 151 cm³/mol. The maximum Gasteiger partial charge on any atom is 0.323 e. The van der Waals surface area contributed by atoms with Crippen LogP contribution in [0.25, 0.3) is 22.5 Å². The van der Waals surface area contributed by atoms with Crippen LogP contribution in [0.4, 0.5) is 26.2 Å². The van der Waals surface area contributed by atoms with Crippen molar-refractivity contribution in [3.63, 3.8) is 0 Å². The van der Waals surface area contributed by atoms with E-state index in [0.29, 0.717) is 34.6 Å². The fraction of sp³-hybridized carbons (Fsp3) is 0.310. The molecule has 9 heteroatoms. The maximum atomic E-state index is 14.1. The van der Waals surface area contributed by atoms with Crippen LogP contribution in [0.15, 0.2) is 60.7 Å². The third kappa shape index (κ3) is 6.53. The Morgan fingerprint density at radius 1 is 0.947 bits per heavy atom. The summed E-state index contributed by atoms with van der Waals surface area (Å²) in [7, 11) is 0. The number of benzene rings is 3. The largest absolute Gasteiger partial charge is 0.369 e. The van der Waals surface area contributed by atoms with Gasteiger partial charge in [0.2, 0.25) is 0 Å². The van der Waals surface area contributed by atoms with Gasteiger partial charge in [0, 0.05) is 24.3 Å². The number of carbonyl (C=O) groups excluding carboxylic acids is 1. The molecule has 3 N–H and O–H groups in total. The Morgan fingerprint density at radius 3 is 2.29 bits per heavy atom. The molecule has 4 rings (SSSR count). The number of amides is 2. The van der Waals surface area contributed by atoms with E-state index in [0.717, 1.165) is 35.5 Å². The maximum absolute atomic E-state index is 14.1. The molecule has 0 radical (unpaired) electrons. The molecule has 38 heavy (non-hydrogen) atoms. The van der Waals surface area contributed by atoms with Crippen molar-refractivity contribution in [3.05, 3.63) is 72.0 Å². The summed E-state index contributed by atoms with van der Waals surface area (Å²) < 4.78 is 14.1. The zero-order chi connectivity index (χ0) is 27.2. The molecule has 1 heterocycles. The number of aromatic nitrogens is 4. The van der Waals surface area contributed by atoms with Gasteiger partial charge < -0.3 is 15.5 Å². The van der Waals surface area contributed by atoms with Gasteiger partial charge in [0.05, 0.1) is 11.4 Å². The Kier molecular flexibility index (Phi) is 8.35. The molecule has 2 amide bonds. The van der Waals surface area contributed by atoms with Crippen molar-refractivity contribution in [3.8, 4) is 22.5 Å². The average molecular weight is 516 g/mol. The van der Waals surface area contributed by atoms with Crippen LogP contribution in [0.5, 0.6) is 0 Å². The minimum atomic E-state index is -0.451. The van der Waals surface area contributed by atoms with E-state index in [1.165, 1.54) is 6.07 Å². The van der Waals surface area contributed by atoms with Crippen LogP contribution in [-0.2, 0) is 0 Å². The molecule has 3 aromatic carbocycles. The second-order valence-corrected chi connectivity index (χ2v) is 10.3. The first kappa shape index (κ1) is 26.8. The highest BCUT2D eigenvalue weighted by molar-refractivity contribution is 6.02. The van der Waals surface area contributed by atoms with Gasteiger partial charge in [-0.2, -0.15) is 0 Å². The number of hydrogen-bond acceptors (Lipinski definition) is 5. The first-order valence-electron chi connectivity index (χ1n) is 12.8. The smallest absolute Gasteiger partial charge is 0.323 e. The molecule has 0 unspecified atom stereocenters. The zero-order valence-corrected chi connectivity index (χ0v) is 22.4. The molecule has 198 valence electrons. The van der Waals surface area contributed by atoms with Crippen molar-refractivity contribution in [2.45, 2.75) is 34.6 Å². The average Bonchev–Trinajstić information content (AvgIpc) is 3.40. The first-order chi connectivity index (χ1) is 18.2. The summed E-state index contributed by atoms with van der Waals surface area (Å²) in [5, 5.41) is 20.1. The highest BCUT2D eigenvalue weighted by Gasteiger charge is 2.19. The number of nitrogens with zero attached hydrogens (tertiary/aromatic N) is 4. The van der Waals surface area contributed by atoms with Gasteiger partial charge in [0.1, 0.15) is 5.82 Å². The van der Waals surface area contributed by atoms with Gasteiger partial charge >= 0.3 is 6.03 Å². The number of anilines is 3. The Hall–Kier alpha value is -4.27. The van der Waals surface area contributed by atoms with E-state index in [2.05, 4.69) is 63.9 Å². The summed E-state index contributed by atoms with van der Waals surface area (Å²) in [4.78, 5) is 15.4. The van der Waals surface area contributed by atoms with E-state index in [1.54, 1.807) is 19.1 Å². The van der Waals surface area contributed by atoms with Crippen LogP contribution in [0.1, 0.15) is 33.3 Å². The van der Waals surface area contributed by atoms with Crippen molar-refractivity contribution in [2.75, 3.05) is 28.6 Å². The third-order valence-corrected chi connectivity index (χ3v) is 6.02. The number of halogens is 1. The molecule has 1 aromatic heterocycles. The second-order valence-electron chi connectivity index (χ2n) is 10.3. The van der Waals surface area contributed by atoms with Crippen LogP contribution >= 0.6 is 0 Å². The van der Waals surface area contributed by atoms with Crippen LogP contribution in [0.2, 0.25) is 0 Å². The van der Waals surface area contributed by atoms with Crippen molar-refractivity contribution in [1.82, 2.24) is 20.6 Å². The number of carbonyl (C=O) groups is 1. The summed E-state index contributed by atoms with van der Waals surface area (Å²) in [5.41, 5.74) is 5.13. The van der Waals surface area contributed by atoms with Crippen LogP contribution in [0.3, 0.4) is 0 Å². The highest BCUT2D eigenvalue weighted by atomic mass is 19.1. The number of nitrogens with one attached hydrogen (secondary N) is 3. The lowest BCUT2D eigenvalue weighted by Crippen LogP contribution is -2.32. The Bertz CT molecular complexity index is 1380. The molecule has 4 aromatic rings. The summed E-state index contributed by atoms with van der Waals surface area (Å²) in [6.07, 6.45) is 0. The number of rotatable bonds is 9. The molecule has 0 aliphatic heterocycles. The van der Waals surface area contributed by atoms with Crippen molar-refractivity contribution in [1.29, 1.82) is 0 Å². The molecule has 0 saturated heterocycles. The Balaban J connectivity index is 1.74. The minimum absolute atomic E-state index is 0.371. The minimum Gasteiger partial charge on any atom is -0.369 e. The third-order valence-electron chi connectivity index (χ3n) is 6.02. The molecule has 8 nitrogen and oxygen atoms in total. The van der Waals surface area contributed by atoms with E-state index in [4.69, 9.17) is 0 Å². The fourth-order valence-electron chi connectivity index (χ4n) is 4.40. The van der Waals surface area contributed by atoms with Crippen LogP contribution in [-0.4, -0.2) is 39.7 Å². The van der Waals surface area contributed by atoms with Gasteiger partial charge in [-0.1, -0.05) is 64.1 Å². The highest BCUT2D eigenvalue weighted by Crippen LogP contribution is 2.36. The summed E-state index contributed by atoms with van der Waals surface area (Å²) >= 11 is 0. The summed E-state index contributed by atoms with van der Waals surface area (Å²) in [6.45, 7) is 12.0. The normalized spacial score (nSPS) is 11.2. The molecule has 0 fully saturated rings. The summed E-state index contributed by atoms with van der Waals surface area (Å²) in [5.74, 6) is 1.03. The molecule has 0 bridgehead atoms. The molecule has 0 aliphatic carbocycles. The number of hydrogen-bond donors (Lipinski definition) is 3. The lowest BCUT2D eigenvalue weighted by atomic mass is 9.97. The lowest BCUT2D eigenvalue weighted by Gasteiger charge is -2.31. The molecule has 0 atom stereocenters. The number of urea groups is 1. The lowest BCUT2D eigenvalue weighted by molar-refractivity contribution is 0.262. The van der Waals surface area contributed by atoms with Gasteiger partial charge in [-0.15, -0.1) is 5.10 Å². The van der Waals surface area contributed by atoms with Gasteiger partial charge in [0.15, 0.2) is 5.82 Å². The van der Waals surface area contributed by atoms with E-state index in [-0.39, 0.29) is 5.82 Å². The number of tetrazole rings is 1.